The lowest BCUT2D eigenvalue weighted by atomic mass is 10.1. The number of carbonyl (C=O) groups is 2. The molecule has 1 aliphatic heterocycles. The average molecular weight is 495 g/mol. The summed E-state index contributed by atoms with van der Waals surface area (Å²) >= 11 is 3.10. The third-order valence-corrected chi connectivity index (χ3v) is 5.80. The molecule has 0 N–H and O–H groups in total. The predicted octanol–water partition coefficient (Wildman–Crippen LogP) is 4.85. The van der Waals surface area contributed by atoms with Gasteiger partial charge in [0.25, 0.3) is 11.1 Å². The lowest BCUT2D eigenvalue weighted by Gasteiger charge is -2.12. The second-order valence-corrected chi connectivity index (χ2v) is 8.15. The molecule has 0 aromatic heterocycles. The van der Waals surface area contributed by atoms with E-state index in [1.165, 1.54) is 4.90 Å². The van der Waals surface area contributed by atoms with Crippen molar-refractivity contribution in [3.05, 3.63) is 61.6 Å². The van der Waals surface area contributed by atoms with Crippen LogP contribution in [0.5, 0.6) is 11.5 Å². The van der Waals surface area contributed by atoms with E-state index < -0.39 is 0 Å². The molecule has 0 aliphatic carbocycles. The second-order valence-electron chi connectivity index (χ2n) is 5.99. The Labute approximate surface area is 175 Å². The Balaban J connectivity index is 1.86. The van der Waals surface area contributed by atoms with E-state index >= 15 is 0 Å². The SMILES string of the molecule is COc1cc(/C=C2\SC(=O)N(Cc3ccc(C)cc3)C2=O)cc(I)c1OC. The number of methoxy groups -OCH3 is 2. The number of hydrogen-bond acceptors (Lipinski definition) is 5. The van der Waals surface area contributed by atoms with E-state index in [1.54, 1.807) is 26.4 Å². The first-order valence-electron chi connectivity index (χ1n) is 8.15. The number of carbonyl (C=O) groups excluding carboxylic acids is 2. The van der Waals surface area contributed by atoms with Crippen molar-refractivity contribution >= 4 is 51.6 Å². The Morgan fingerprint density at radius 1 is 1.11 bits per heavy atom. The zero-order valence-electron chi connectivity index (χ0n) is 15.1. The van der Waals surface area contributed by atoms with Gasteiger partial charge in [-0.05, 0) is 70.6 Å². The van der Waals surface area contributed by atoms with Gasteiger partial charge < -0.3 is 9.47 Å². The van der Waals surface area contributed by atoms with Crippen molar-refractivity contribution in [3.8, 4) is 11.5 Å². The molecule has 2 amide bonds. The van der Waals surface area contributed by atoms with Crippen LogP contribution in [0.3, 0.4) is 0 Å². The minimum atomic E-state index is -0.282. The van der Waals surface area contributed by atoms with E-state index in [4.69, 9.17) is 9.47 Å². The molecule has 0 atom stereocenters. The van der Waals surface area contributed by atoms with Crippen LogP contribution in [0.2, 0.25) is 0 Å². The number of amides is 2. The molecule has 3 rings (SSSR count). The summed E-state index contributed by atoms with van der Waals surface area (Å²) in [6, 6.07) is 11.5. The summed E-state index contributed by atoms with van der Waals surface area (Å²) in [5.74, 6) is 0.938. The molecule has 0 bridgehead atoms. The van der Waals surface area contributed by atoms with Crippen LogP contribution in [0.15, 0.2) is 41.3 Å². The topological polar surface area (TPSA) is 55.8 Å². The van der Waals surface area contributed by atoms with Crippen LogP contribution >= 0.6 is 34.4 Å². The van der Waals surface area contributed by atoms with Gasteiger partial charge in [-0.2, -0.15) is 0 Å². The standard InChI is InChI=1S/C20H18INO4S/c1-12-4-6-13(7-5-12)11-22-19(23)17(27-20(22)24)10-14-8-15(21)18(26-3)16(9-14)25-2/h4-10H,11H2,1-3H3/b17-10-. The number of thioether (sulfide) groups is 1. The molecule has 5 nitrogen and oxygen atoms in total. The van der Waals surface area contributed by atoms with Gasteiger partial charge in [-0.25, -0.2) is 0 Å². The quantitative estimate of drug-likeness (QED) is 0.439. The molecule has 2 aromatic rings. The van der Waals surface area contributed by atoms with Crippen molar-refractivity contribution in [1.29, 1.82) is 0 Å². The third kappa shape index (κ3) is 4.30. The van der Waals surface area contributed by atoms with Crippen LogP contribution in [0.4, 0.5) is 4.79 Å². The van der Waals surface area contributed by atoms with Gasteiger partial charge in [0, 0.05) is 0 Å². The first-order valence-corrected chi connectivity index (χ1v) is 10.0. The summed E-state index contributed by atoms with van der Waals surface area (Å²) in [5, 5.41) is -0.262. The molecule has 7 heteroatoms. The fourth-order valence-corrected chi connectivity index (χ4v) is 4.37. The lowest BCUT2D eigenvalue weighted by Crippen LogP contribution is -2.27. The molecule has 0 saturated carbocycles. The predicted molar refractivity (Wildman–Crippen MR) is 115 cm³/mol. The largest absolute Gasteiger partial charge is 0.493 e. The van der Waals surface area contributed by atoms with Gasteiger partial charge in [0.1, 0.15) is 0 Å². The normalized spacial score (nSPS) is 15.6. The third-order valence-electron chi connectivity index (χ3n) is 4.09. The van der Waals surface area contributed by atoms with Crippen molar-refractivity contribution in [1.82, 2.24) is 4.90 Å². The summed E-state index contributed by atoms with van der Waals surface area (Å²) in [4.78, 5) is 26.7. The van der Waals surface area contributed by atoms with Gasteiger partial charge in [-0.15, -0.1) is 0 Å². The highest BCUT2D eigenvalue weighted by atomic mass is 127. The number of halogens is 1. The maximum absolute atomic E-state index is 12.7. The molecule has 27 heavy (non-hydrogen) atoms. The molecular formula is C20H18INO4S. The van der Waals surface area contributed by atoms with Crippen LogP contribution in [0, 0.1) is 10.5 Å². The van der Waals surface area contributed by atoms with Gasteiger partial charge in [0.15, 0.2) is 11.5 Å². The van der Waals surface area contributed by atoms with Crippen LogP contribution < -0.4 is 9.47 Å². The molecule has 140 valence electrons. The molecule has 1 aliphatic rings. The van der Waals surface area contributed by atoms with Crippen molar-refractivity contribution in [2.45, 2.75) is 13.5 Å². The van der Waals surface area contributed by atoms with E-state index in [-0.39, 0.29) is 17.7 Å². The number of rotatable bonds is 5. The fraction of sp³-hybridized carbons (Fsp3) is 0.200. The van der Waals surface area contributed by atoms with Gasteiger partial charge in [0.05, 0.1) is 29.2 Å². The summed E-state index contributed by atoms with van der Waals surface area (Å²) < 4.78 is 11.5. The smallest absolute Gasteiger partial charge is 0.293 e. The van der Waals surface area contributed by atoms with Crippen LogP contribution in [-0.4, -0.2) is 30.3 Å². The monoisotopic (exact) mass is 495 g/mol. The molecule has 0 unspecified atom stereocenters. The first kappa shape index (κ1) is 19.8. The number of aryl methyl sites for hydroxylation is 1. The van der Waals surface area contributed by atoms with Crippen LogP contribution in [0.1, 0.15) is 16.7 Å². The molecule has 1 heterocycles. The average Bonchev–Trinajstić information content (AvgIpc) is 2.90. The number of nitrogens with zero attached hydrogens (tertiary/aromatic N) is 1. The highest BCUT2D eigenvalue weighted by Gasteiger charge is 2.35. The fourth-order valence-electron chi connectivity index (χ4n) is 2.68. The number of benzene rings is 2. The molecule has 1 fully saturated rings. The summed E-state index contributed by atoms with van der Waals surface area (Å²) in [7, 11) is 3.14. The number of imide groups is 1. The Kier molecular flexibility index (Phi) is 6.11. The Morgan fingerprint density at radius 2 is 1.81 bits per heavy atom. The van der Waals surface area contributed by atoms with Gasteiger partial charge in [0.2, 0.25) is 0 Å². The zero-order valence-corrected chi connectivity index (χ0v) is 18.1. The summed E-state index contributed by atoms with van der Waals surface area (Å²) in [6.45, 7) is 2.27. The van der Waals surface area contributed by atoms with Crippen molar-refractivity contribution in [3.63, 3.8) is 0 Å². The van der Waals surface area contributed by atoms with E-state index in [1.807, 2.05) is 37.3 Å². The second kappa shape index (κ2) is 8.35. The molecule has 1 saturated heterocycles. The summed E-state index contributed by atoms with van der Waals surface area (Å²) in [5.41, 5.74) is 2.83. The highest BCUT2D eigenvalue weighted by molar-refractivity contribution is 14.1. The van der Waals surface area contributed by atoms with Crippen LogP contribution in [0.25, 0.3) is 6.08 Å². The maximum Gasteiger partial charge on any atom is 0.293 e. The van der Waals surface area contributed by atoms with Gasteiger partial charge in [-0.1, -0.05) is 29.8 Å². The van der Waals surface area contributed by atoms with E-state index in [2.05, 4.69) is 22.6 Å². The maximum atomic E-state index is 12.7. The number of hydrogen-bond donors (Lipinski definition) is 0. The van der Waals surface area contributed by atoms with Crippen molar-refractivity contribution in [2.24, 2.45) is 0 Å². The molecule has 0 spiro atoms. The molecule has 0 radical (unpaired) electrons. The van der Waals surface area contributed by atoms with Crippen molar-refractivity contribution in [2.75, 3.05) is 14.2 Å². The van der Waals surface area contributed by atoms with Gasteiger partial charge >= 0.3 is 0 Å². The van der Waals surface area contributed by atoms with E-state index in [9.17, 15) is 9.59 Å². The lowest BCUT2D eigenvalue weighted by molar-refractivity contribution is -0.123. The Morgan fingerprint density at radius 3 is 2.44 bits per heavy atom. The Bertz CT molecular complexity index is 924. The van der Waals surface area contributed by atoms with E-state index in [0.29, 0.717) is 16.4 Å². The van der Waals surface area contributed by atoms with Gasteiger partial charge in [-0.3, -0.25) is 14.5 Å². The summed E-state index contributed by atoms with van der Waals surface area (Å²) in [6.07, 6.45) is 1.71. The zero-order chi connectivity index (χ0) is 19.6. The van der Waals surface area contributed by atoms with E-state index in [0.717, 1.165) is 32.0 Å². The van der Waals surface area contributed by atoms with Crippen LogP contribution in [-0.2, 0) is 11.3 Å². The number of ether oxygens (including phenoxy) is 2. The highest BCUT2D eigenvalue weighted by Crippen LogP contribution is 2.37. The Hall–Kier alpha value is -2.00. The minimum absolute atomic E-state index is 0.262. The molecule has 2 aromatic carbocycles. The van der Waals surface area contributed by atoms with Crippen molar-refractivity contribution < 1.29 is 19.1 Å². The molecular weight excluding hydrogens is 477 g/mol. The minimum Gasteiger partial charge on any atom is -0.493 e. The first-order chi connectivity index (χ1) is 12.9.